The zero-order chi connectivity index (χ0) is 30.2. The van der Waals surface area contributed by atoms with Gasteiger partial charge in [0.2, 0.25) is 0 Å². The van der Waals surface area contributed by atoms with E-state index in [0.29, 0.717) is 10.7 Å². The quantitative estimate of drug-likeness (QED) is 0.238. The van der Waals surface area contributed by atoms with Gasteiger partial charge >= 0.3 is 0 Å². The first-order valence-electron chi connectivity index (χ1n) is 13.1. The largest absolute Gasteiger partial charge is 0.394 e. The Labute approximate surface area is 250 Å². The van der Waals surface area contributed by atoms with E-state index in [-0.39, 0.29) is 24.5 Å². The fourth-order valence-electron chi connectivity index (χ4n) is 5.14. The van der Waals surface area contributed by atoms with Gasteiger partial charge in [-0.3, -0.25) is 0 Å². The van der Waals surface area contributed by atoms with Crippen LogP contribution in [0.2, 0.25) is 0 Å². The predicted octanol–water partition coefficient (Wildman–Crippen LogP) is 1.45. The van der Waals surface area contributed by atoms with Crippen LogP contribution in [0.4, 0.5) is 13.2 Å². The molecule has 18 heteroatoms. The van der Waals surface area contributed by atoms with E-state index in [1.807, 2.05) is 5.38 Å². The van der Waals surface area contributed by atoms with Crippen LogP contribution in [0.5, 0.6) is 0 Å². The number of nitrogens with zero attached hydrogens (tertiary/aromatic N) is 7. The van der Waals surface area contributed by atoms with E-state index in [4.69, 9.17) is 14.2 Å². The molecule has 1 aromatic carbocycles. The van der Waals surface area contributed by atoms with E-state index in [0.717, 1.165) is 12.1 Å². The van der Waals surface area contributed by atoms with Gasteiger partial charge in [0.15, 0.2) is 17.5 Å². The summed E-state index contributed by atoms with van der Waals surface area (Å²) in [4.78, 5) is 4.23. The van der Waals surface area contributed by atoms with Crippen LogP contribution in [-0.4, -0.2) is 112 Å². The highest BCUT2D eigenvalue weighted by atomic mass is 32.2. The second kappa shape index (κ2) is 12.6. The Morgan fingerprint density at radius 2 is 1.77 bits per heavy atom. The Hall–Kier alpha value is -2.97. The van der Waals surface area contributed by atoms with Gasteiger partial charge in [0.1, 0.15) is 52.2 Å². The second-order valence-corrected chi connectivity index (χ2v) is 12.2. The molecule has 3 aromatic heterocycles. The van der Waals surface area contributed by atoms with Crippen LogP contribution in [0.3, 0.4) is 0 Å². The number of aromatic nitrogens is 7. The molecule has 0 bridgehead atoms. The molecule has 2 saturated heterocycles. The third kappa shape index (κ3) is 5.80. The molecule has 0 saturated carbocycles. The summed E-state index contributed by atoms with van der Waals surface area (Å²) in [6.45, 7) is -0.199. The molecular formula is C25H26F3N7O6S2. The first-order valence-corrected chi connectivity index (χ1v) is 14.9. The molecular weight excluding hydrogens is 615 g/mol. The van der Waals surface area contributed by atoms with E-state index in [1.54, 1.807) is 12.4 Å². The number of methoxy groups -OCH3 is 1. The molecule has 0 amide bonds. The molecule has 0 aliphatic carbocycles. The number of thiazole rings is 1. The van der Waals surface area contributed by atoms with Crippen molar-refractivity contribution in [1.82, 2.24) is 35.0 Å². The molecule has 2 fully saturated rings. The smallest absolute Gasteiger partial charge is 0.194 e. The summed E-state index contributed by atoms with van der Waals surface area (Å²) < 4.78 is 61.5. The first kappa shape index (κ1) is 30.1. The number of ether oxygens (including phenoxy) is 3. The molecule has 0 unspecified atom stereocenters. The molecule has 0 radical (unpaired) electrons. The summed E-state index contributed by atoms with van der Waals surface area (Å²) in [5.41, 5.74) is -0.331. The van der Waals surface area contributed by atoms with Crippen LogP contribution in [0, 0.1) is 17.5 Å². The van der Waals surface area contributed by atoms with Crippen molar-refractivity contribution in [1.29, 1.82) is 0 Å². The van der Waals surface area contributed by atoms with E-state index in [2.05, 4.69) is 25.6 Å². The van der Waals surface area contributed by atoms with E-state index >= 15 is 0 Å². The Morgan fingerprint density at radius 3 is 2.47 bits per heavy atom. The molecule has 6 rings (SSSR count). The Morgan fingerprint density at radius 1 is 1.05 bits per heavy atom. The minimum atomic E-state index is -1.61. The van der Waals surface area contributed by atoms with Gasteiger partial charge in [-0.1, -0.05) is 10.4 Å². The summed E-state index contributed by atoms with van der Waals surface area (Å²) in [6, 6.07) is 0.0258. The average molecular weight is 642 g/mol. The van der Waals surface area contributed by atoms with Crippen LogP contribution in [0.15, 0.2) is 36.1 Å². The highest BCUT2D eigenvalue weighted by Crippen LogP contribution is 2.41. The van der Waals surface area contributed by atoms with Gasteiger partial charge in [-0.2, -0.15) is 0 Å². The SMILES string of the molecule is CO[C@@H]1[C@@H](n2cc(-c3cc(F)c(F)c(F)c3)nn2)[C@@H](O)[C@@H](CO)O[C@H]1S[C@@H]1COC[C@H](n2cc(-c3nccs3)nn2)[C@H]1O. The number of thioether (sulfide) groups is 1. The maximum Gasteiger partial charge on any atom is 0.194 e. The van der Waals surface area contributed by atoms with Gasteiger partial charge < -0.3 is 29.5 Å². The number of hydrogen-bond donors (Lipinski definition) is 3. The van der Waals surface area contributed by atoms with Crippen molar-refractivity contribution >= 4 is 23.1 Å². The fourth-order valence-corrected chi connectivity index (χ4v) is 7.23. The van der Waals surface area contributed by atoms with Crippen molar-refractivity contribution in [2.24, 2.45) is 0 Å². The van der Waals surface area contributed by atoms with Gasteiger partial charge in [0.05, 0.1) is 43.6 Å². The van der Waals surface area contributed by atoms with Crippen molar-refractivity contribution in [3.05, 3.63) is 53.6 Å². The zero-order valence-corrected chi connectivity index (χ0v) is 24.0. The van der Waals surface area contributed by atoms with E-state index < -0.39 is 71.2 Å². The van der Waals surface area contributed by atoms with Crippen molar-refractivity contribution < 1.29 is 42.7 Å². The topological polar surface area (TPSA) is 163 Å². The Bertz CT molecular complexity index is 1520. The minimum Gasteiger partial charge on any atom is -0.394 e. The summed E-state index contributed by atoms with van der Waals surface area (Å²) in [5.74, 6) is -4.39. The molecule has 2 aliphatic rings. The molecule has 43 heavy (non-hydrogen) atoms. The lowest BCUT2D eigenvalue weighted by Crippen LogP contribution is -2.56. The fraction of sp³-hybridized carbons (Fsp3) is 0.480. The number of benzene rings is 1. The van der Waals surface area contributed by atoms with Gasteiger partial charge in [0, 0.05) is 24.3 Å². The van der Waals surface area contributed by atoms with Gasteiger partial charge in [0.25, 0.3) is 0 Å². The summed E-state index contributed by atoms with van der Waals surface area (Å²) in [6.07, 6.45) is 0.422. The van der Waals surface area contributed by atoms with Crippen LogP contribution in [0.25, 0.3) is 22.0 Å². The lowest BCUT2D eigenvalue weighted by atomic mass is 9.97. The molecule has 3 N–H and O–H groups in total. The van der Waals surface area contributed by atoms with Gasteiger partial charge in [-0.15, -0.1) is 33.3 Å². The molecule has 5 heterocycles. The molecule has 2 aliphatic heterocycles. The standard InChI is InChI=1S/C25H26F3N7O6S2/c1-39-23-20(35-6-14(30-33-35)11-4-12(26)19(28)13(27)5-11)22(38)17(8-36)41-25(23)43-18-10-40-9-16(21(18)37)34-7-15(31-32-34)24-29-2-3-42-24/h2-7,16-18,20-23,25,36-38H,8-10H2,1H3/t16-,17+,18+,20-,21+,22-,23+,25-/m0/s1. The highest BCUT2D eigenvalue weighted by molar-refractivity contribution is 8.00. The van der Waals surface area contributed by atoms with Crippen LogP contribution in [0.1, 0.15) is 12.1 Å². The Balaban J connectivity index is 1.23. The number of hydrogen-bond acceptors (Lipinski definition) is 13. The van der Waals surface area contributed by atoms with E-state index in [1.165, 1.54) is 45.8 Å². The van der Waals surface area contributed by atoms with Crippen LogP contribution < -0.4 is 0 Å². The maximum absolute atomic E-state index is 13.9. The number of rotatable bonds is 8. The number of aliphatic hydroxyl groups excluding tert-OH is 3. The summed E-state index contributed by atoms with van der Waals surface area (Å²) in [5, 5.41) is 50.7. The number of aliphatic hydroxyl groups is 3. The van der Waals surface area contributed by atoms with Crippen molar-refractivity contribution in [2.75, 3.05) is 26.9 Å². The van der Waals surface area contributed by atoms with E-state index in [9.17, 15) is 28.5 Å². The molecule has 13 nitrogen and oxygen atoms in total. The minimum absolute atomic E-state index is 0.0139. The third-order valence-electron chi connectivity index (χ3n) is 7.35. The Kier molecular flexibility index (Phi) is 8.79. The monoisotopic (exact) mass is 641 g/mol. The lowest BCUT2D eigenvalue weighted by molar-refractivity contribution is -0.186. The van der Waals surface area contributed by atoms with Gasteiger partial charge in [-0.25, -0.2) is 27.5 Å². The summed E-state index contributed by atoms with van der Waals surface area (Å²) >= 11 is 2.60. The van der Waals surface area contributed by atoms with Gasteiger partial charge in [-0.05, 0) is 12.1 Å². The number of halogens is 3. The van der Waals surface area contributed by atoms with Crippen molar-refractivity contribution in [2.45, 2.75) is 47.2 Å². The second-order valence-electron chi connectivity index (χ2n) is 9.94. The predicted molar refractivity (Wildman–Crippen MR) is 145 cm³/mol. The lowest BCUT2D eigenvalue weighted by Gasteiger charge is -2.45. The third-order valence-corrected chi connectivity index (χ3v) is 9.56. The zero-order valence-electron chi connectivity index (χ0n) is 22.4. The highest BCUT2D eigenvalue weighted by Gasteiger charge is 2.49. The molecule has 230 valence electrons. The normalized spacial score (nSPS) is 29.7. The molecule has 4 aromatic rings. The van der Waals surface area contributed by atoms with Crippen molar-refractivity contribution in [3.8, 4) is 22.0 Å². The van der Waals surface area contributed by atoms with Crippen LogP contribution >= 0.6 is 23.1 Å². The maximum atomic E-state index is 13.9. The summed E-state index contributed by atoms with van der Waals surface area (Å²) in [7, 11) is 1.40. The first-order chi connectivity index (χ1) is 20.8. The average Bonchev–Trinajstić information content (AvgIpc) is 3.79. The van der Waals surface area contributed by atoms with Crippen molar-refractivity contribution in [3.63, 3.8) is 0 Å². The van der Waals surface area contributed by atoms with Crippen LogP contribution in [-0.2, 0) is 14.2 Å². The molecule has 0 spiro atoms. The molecule has 8 atom stereocenters.